The Bertz CT molecular complexity index is 449. The third-order valence-electron chi connectivity index (χ3n) is 4.70. The first-order chi connectivity index (χ1) is 9.25. The Labute approximate surface area is 114 Å². The zero-order valence-corrected chi connectivity index (χ0v) is 11.3. The van der Waals surface area contributed by atoms with E-state index in [2.05, 4.69) is 5.32 Å². The highest BCUT2D eigenvalue weighted by atomic mass is 16.1. The Hall–Kier alpha value is -1.35. The van der Waals surface area contributed by atoms with Crippen molar-refractivity contribution in [2.24, 2.45) is 17.1 Å². The average molecular weight is 258 g/mol. The Morgan fingerprint density at radius 1 is 1.32 bits per heavy atom. The summed E-state index contributed by atoms with van der Waals surface area (Å²) in [7, 11) is 0. The molecule has 102 valence electrons. The molecule has 3 heteroatoms. The second-order valence-electron chi connectivity index (χ2n) is 6.05. The molecule has 0 aromatic heterocycles. The maximum atomic E-state index is 12.3. The number of hydrogen-bond acceptors (Lipinski definition) is 2. The van der Waals surface area contributed by atoms with Gasteiger partial charge in [0.05, 0.1) is 5.92 Å². The highest BCUT2D eigenvalue weighted by Gasteiger charge is 2.53. The number of nitrogens with two attached hydrogens (primary N) is 1. The topological polar surface area (TPSA) is 55.1 Å². The molecule has 0 heterocycles. The fourth-order valence-corrected chi connectivity index (χ4v) is 3.05. The first kappa shape index (κ1) is 12.7. The lowest BCUT2D eigenvalue weighted by Crippen LogP contribution is -2.37. The SMILES string of the molecule is NCC(C(=O)NCC1(C2CC2)CC1)c1ccccc1. The summed E-state index contributed by atoms with van der Waals surface area (Å²) in [4.78, 5) is 12.3. The molecular weight excluding hydrogens is 236 g/mol. The van der Waals surface area contributed by atoms with Crippen molar-refractivity contribution in [3.63, 3.8) is 0 Å². The van der Waals surface area contributed by atoms with Crippen LogP contribution in [-0.2, 0) is 4.79 Å². The van der Waals surface area contributed by atoms with Crippen molar-refractivity contribution in [3.8, 4) is 0 Å². The second-order valence-corrected chi connectivity index (χ2v) is 6.05. The van der Waals surface area contributed by atoms with Crippen LogP contribution in [0.4, 0.5) is 0 Å². The van der Waals surface area contributed by atoms with Crippen LogP contribution < -0.4 is 11.1 Å². The summed E-state index contributed by atoms with van der Waals surface area (Å²) in [6, 6.07) is 9.83. The van der Waals surface area contributed by atoms with Crippen LogP contribution in [0.15, 0.2) is 30.3 Å². The predicted octanol–water partition coefficient (Wildman–Crippen LogP) is 2.04. The van der Waals surface area contributed by atoms with Gasteiger partial charge in [-0.2, -0.15) is 0 Å². The predicted molar refractivity (Wildman–Crippen MR) is 75.6 cm³/mol. The maximum Gasteiger partial charge on any atom is 0.228 e. The van der Waals surface area contributed by atoms with Gasteiger partial charge in [-0.05, 0) is 42.6 Å². The first-order valence-corrected chi connectivity index (χ1v) is 7.28. The normalized spacial score (nSPS) is 21.7. The van der Waals surface area contributed by atoms with Gasteiger partial charge in [-0.15, -0.1) is 0 Å². The van der Waals surface area contributed by atoms with Crippen molar-refractivity contribution in [1.82, 2.24) is 5.32 Å². The molecule has 0 spiro atoms. The van der Waals surface area contributed by atoms with E-state index < -0.39 is 0 Å². The Morgan fingerprint density at radius 3 is 2.53 bits per heavy atom. The van der Waals surface area contributed by atoms with Crippen LogP contribution in [0.2, 0.25) is 0 Å². The molecule has 0 aliphatic heterocycles. The van der Waals surface area contributed by atoms with Crippen LogP contribution in [0.5, 0.6) is 0 Å². The van der Waals surface area contributed by atoms with Crippen molar-refractivity contribution >= 4 is 5.91 Å². The molecule has 0 radical (unpaired) electrons. The molecule has 3 N–H and O–H groups in total. The molecule has 2 aliphatic rings. The van der Waals surface area contributed by atoms with Gasteiger partial charge in [0, 0.05) is 13.1 Å². The summed E-state index contributed by atoms with van der Waals surface area (Å²) in [6.45, 7) is 1.21. The van der Waals surface area contributed by atoms with Crippen LogP contribution >= 0.6 is 0 Å². The largest absolute Gasteiger partial charge is 0.355 e. The van der Waals surface area contributed by atoms with Gasteiger partial charge < -0.3 is 11.1 Å². The molecule has 1 unspecified atom stereocenters. The van der Waals surface area contributed by atoms with Gasteiger partial charge in [0.1, 0.15) is 0 Å². The van der Waals surface area contributed by atoms with Gasteiger partial charge in [0.25, 0.3) is 0 Å². The summed E-state index contributed by atoms with van der Waals surface area (Å²) in [6.07, 6.45) is 5.29. The lowest BCUT2D eigenvalue weighted by molar-refractivity contribution is -0.122. The van der Waals surface area contributed by atoms with Crippen molar-refractivity contribution in [3.05, 3.63) is 35.9 Å². The third kappa shape index (κ3) is 2.66. The van der Waals surface area contributed by atoms with E-state index in [0.29, 0.717) is 12.0 Å². The maximum absolute atomic E-state index is 12.3. The summed E-state index contributed by atoms with van der Waals surface area (Å²) in [5.74, 6) is 0.748. The minimum Gasteiger partial charge on any atom is -0.355 e. The van der Waals surface area contributed by atoms with Crippen LogP contribution in [0.25, 0.3) is 0 Å². The van der Waals surface area contributed by atoms with Crippen LogP contribution in [0.1, 0.15) is 37.2 Å². The number of nitrogens with one attached hydrogen (secondary N) is 1. The van der Waals surface area contributed by atoms with E-state index >= 15 is 0 Å². The third-order valence-corrected chi connectivity index (χ3v) is 4.70. The molecular formula is C16H22N2O. The fraction of sp³-hybridized carbons (Fsp3) is 0.562. The Morgan fingerprint density at radius 2 is 2.00 bits per heavy atom. The van der Waals surface area contributed by atoms with E-state index in [1.807, 2.05) is 30.3 Å². The van der Waals surface area contributed by atoms with Gasteiger partial charge in [0.2, 0.25) is 5.91 Å². The second kappa shape index (κ2) is 4.97. The number of rotatable bonds is 6. The molecule has 3 rings (SSSR count). The smallest absolute Gasteiger partial charge is 0.228 e. The zero-order chi connectivity index (χ0) is 13.3. The quantitative estimate of drug-likeness (QED) is 0.820. The van der Waals surface area contributed by atoms with Gasteiger partial charge in [-0.3, -0.25) is 4.79 Å². The molecule has 0 saturated heterocycles. The van der Waals surface area contributed by atoms with Gasteiger partial charge in [-0.1, -0.05) is 30.3 Å². The number of carbonyl (C=O) groups is 1. The monoisotopic (exact) mass is 258 g/mol. The minimum absolute atomic E-state index is 0.0839. The highest BCUT2D eigenvalue weighted by molar-refractivity contribution is 5.84. The molecule has 1 aromatic carbocycles. The first-order valence-electron chi connectivity index (χ1n) is 7.28. The van der Waals surface area contributed by atoms with E-state index in [4.69, 9.17) is 5.73 Å². The lowest BCUT2D eigenvalue weighted by atomic mass is 9.96. The summed E-state index contributed by atoms with van der Waals surface area (Å²) in [5, 5.41) is 3.14. The fourth-order valence-electron chi connectivity index (χ4n) is 3.05. The van der Waals surface area contributed by atoms with E-state index in [1.54, 1.807) is 0 Å². The molecule has 2 aliphatic carbocycles. The lowest BCUT2D eigenvalue weighted by Gasteiger charge is -2.19. The van der Waals surface area contributed by atoms with Crippen molar-refractivity contribution in [2.45, 2.75) is 31.6 Å². The van der Waals surface area contributed by atoms with Gasteiger partial charge in [-0.25, -0.2) is 0 Å². The van der Waals surface area contributed by atoms with Gasteiger partial charge >= 0.3 is 0 Å². The summed E-state index contributed by atoms with van der Waals surface area (Å²) in [5.41, 5.74) is 7.23. The minimum atomic E-state index is -0.212. The molecule has 3 nitrogen and oxygen atoms in total. The summed E-state index contributed by atoms with van der Waals surface area (Å²) >= 11 is 0. The molecule has 2 saturated carbocycles. The number of amides is 1. The van der Waals surface area contributed by atoms with E-state index in [0.717, 1.165) is 18.0 Å². The van der Waals surface area contributed by atoms with Crippen molar-refractivity contribution in [1.29, 1.82) is 0 Å². The molecule has 1 amide bonds. The number of hydrogen-bond donors (Lipinski definition) is 2. The molecule has 1 aromatic rings. The summed E-state index contributed by atoms with van der Waals surface area (Å²) < 4.78 is 0. The van der Waals surface area contributed by atoms with E-state index in [-0.39, 0.29) is 11.8 Å². The molecule has 2 fully saturated rings. The average Bonchev–Trinajstić information content (AvgIpc) is 3.30. The van der Waals surface area contributed by atoms with Crippen molar-refractivity contribution in [2.75, 3.05) is 13.1 Å². The zero-order valence-electron chi connectivity index (χ0n) is 11.3. The van der Waals surface area contributed by atoms with Crippen molar-refractivity contribution < 1.29 is 4.79 Å². The molecule has 19 heavy (non-hydrogen) atoms. The molecule has 1 atom stereocenters. The van der Waals surface area contributed by atoms with Gasteiger partial charge in [0.15, 0.2) is 0 Å². The highest BCUT2D eigenvalue weighted by Crippen LogP contribution is 2.60. The van der Waals surface area contributed by atoms with Crippen LogP contribution in [-0.4, -0.2) is 19.0 Å². The number of carbonyl (C=O) groups excluding carboxylic acids is 1. The van der Waals surface area contributed by atoms with Crippen LogP contribution in [0.3, 0.4) is 0 Å². The van der Waals surface area contributed by atoms with E-state index in [1.165, 1.54) is 25.7 Å². The Balaban J connectivity index is 1.59. The molecule has 0 bridgehead atoms. The van der Waals surface area contributed by atoms with E-state index in [9.17, 15) is 4.79 Å². The standard InChI is InChI=1S/C16H22N2O/c17-10-14(12-4-2-1-3-5-12)15(19)18-11-16(8-9-16)13-6-7-13/h1-5,13-14H,6-11,17H2,(H,18,19). The number of benzene rings is 1. The van der Waals surface area contributed by atoms with Crippen LogP contribution in [0, 0.1) is 11.3 Å². The Kier molecular flexibility index (Phi) is 3.31.